The lowest BCUT2D eigenvalue weighted by Gasteiger charge is -1.86. The maximum Gasteiger partial charge on any atom is 0.420 e. The first-order chi connectivity index (χ1) is 2.81. The fourth-order valence-electron chi connectivity index (χ4n) is 0.0645. The smallest absolute Gasteiger partial charge is 0.102 e. The van der Waals surface area contributed by atoms with Crippen LogP contribution >= 0.6 is 8.61 Å². The zero-order valence-corrected chi connectivity index (χ0v) is 5.06. The van der Waals surface area contributed by atoms with E-state index in [9.17, 15) is 4.57 Å². The highest BCUT2D eigenvalue weighted by Crippen LogP contribution is 1.95. The summed E-state index contributed by atoms with van der Waals surface area (Å²) >= 11 is 0. The lowest BCUT2D eigenvalue weighted by atomic mass is 10.8. The van der Waals surface area contributed by atoms with Gasteiger partial charge in [-0.15, -0.1) is 4.67 Å². The van der Waals surface area contributed by atoms with Crippen LogP contribution in [0.4, 0.5) is 0 Å². The molecule has 0 bridgehead atoms. The van der Waals surface area contributed by atoms with E-state index in [-0.39, 0.29) is 8.61 Å². The number of nitrogens with zero attached hydrogens (tertiary/aromatic N) is 1. The van der Waals surface area contributed by atoms with Gasteiger partial charge in [-0.25, -0.2) is 0 Å². The van der Waals surface area contributed by atoms with Crippen molar-refractivity contribution in [2.24, 2.45) is 0 Å². The zero-order chi connectivity index (χ0) is 4.99. The van der Waals surface area contributed by atoms with Crippen LogP contribution in [0, 0.1) is 0 Å². The molecular formula is C3H9NOP+. The third-order valence-electron chi connectivity index (χ3n) is 0.630. The summed E-state index contributed by atoms with van der Waals surface area (Å²) in [5.41, 5.74) is 0. The first-order valence-corrected chi connectivity index (χ1v) is 2.75. The average Bonchev–Trinajstić information content (AvgIpc) is 1.65. The van der Waals surface area contributed by atoms with Gasteiger partial charge in [-0.1, -0.05) is 4.57 Å². The van der Waals surface area contributed by atoms with Gasteiger partial charge in [0.1, 0.15) is 0 Å². The Bertz CT molecular complexity index is 48.1. The van der Waals surface area contributed by atoms with Gasteiger partial charge in [0, 0.05) is 13.6 Å². The summed E-state index contributed by atoms with van der Waals surface area (Å²) < 4.78 is 11.5. The van der Waals surface area contributed by atoms with Crippen LogP contribution in [0.2, 0.25) is 0 Å². The highest BCUT2D eigenvalue weighted by Gasteiger charge is 1.94. The number of hydrogen-bond donors (Lipinski definition) is 0. The molecule has 3 heteroatoms. The van der Waals surface area contributed by atoms with Crippen molar-refractivity contribution in [3.05, 3.63) is 0 Å². The van der Waals surface area contributed by atoms with Gasteiger partial charge in [0.15, 0.2) is 0 Å². The fraction of sp³-hybridized carbons (Fsp3) is 1.00. The summed E-state index contributed by atoms with van der Waals surface area (Å²) in [6, 6.07) is 0. The molecule has 0 amide bonds. The van der Waals surface area contributed by atoms with E-state index in [1.807, 2.05) is 14.0 Å². The molecular weight excluding hydrogens is 97.0 g/mol. The largest absolute Gasteiger partial charge is 0.420 e. The normalized spacial score (nSPS) is 10.5. The SMILES string of the molecule is CCN(C)[PH+]=O. The van der Waals surface area contributed by atoms with Gasteiger partial charge in [-0.2, -0.15) is 0 Å². The first kappa shape index (κ1) is 6.06. The Morgan fingerprint density at radius 2 is 2.33 bits per heavy atom. The quantitative estimate of drug-likeness (QED) is 0.487. The molecule has 0 fully saturated rings. The minimum absolute atomic E-state index is 0.285. The van der Waals surface area contributed by atoms with E-state index in [2.05, 4.69) is 0 Å². The molecule has 0 aliphatic rings. The van der Waals surface area contributed by atoms with E-state index in [0.717, 1.165) is 6.54 Å². The van der Waals surface area contributed by atoms with Crippen molar-refractivity contribution in [2.45, 2.75) is 6.92 Å². The minimum atomic E-state index is -0.285. The molecule has 0 saturated heterocycles. The molecule has 0 saturated carbocycles. The molecule has 36 valence electrons. The summed E-state index contributed by atoms with van der Waals surface area (Å²) in [6.07, 6.45) is 0. The first-order valence-electron chi connectivity index (χ1n) is 1.90. The maximum absolute atomic E-state index is 9.81. The van der Waals surface area contributed by atoms with E-state index in [4.69, 9.17) is 0 Å². The van der Waals surface area contributed by atoms with Crippen molar-refractivity contribution in [2.75, 3.05) is 13.6 Å². The molecule has 0 aromatic rings. The van der Waals surface area contributed by atoms with Crippen LogP contribution in [-0.4, -0.2) is 18.3 Å². The van der Waals surface area contributed by atoms with E-state index in [1.165, 1.54) is 0 Å². The zero-order valence-electron chi connectivity index (χ0n) is 4.06. The molecule has 0 rings (SSSR count). The van der Waals surface area contributed by atoms with E-state index in [1.54, 1.807) is 4.67 Å². The standard InChI is InChI=1S/C3H8NOP/c1-3-4(2)6-5/h3H2,1-2H3/p+1. The van der Waals surface area contributed by atoms with Gasteiger partial charge in [0.25, 0.3) is 0 Å². The van der Waals surface area contributed by atoms with Crippen LogP contribution in [0.1, 0.15) is 6.92 Å². The Hall–Kier alpha value is 0.0600. The molecule has 0 aromatic heterocycles. The van der Waals surface area contributed by atoms with Crippen LogP contribution in [0.15, 0.2) is 0 Å². The molecule has 0 spiro atoms. The van der Waals surface area contributed by atoms with Gasteiger partial charge in [0.2, 0.25) is 0 Å². The molecule has 0 N–H and O–H groups in total. The third-order valence-corrected chi connectivity index (χ3v) is 1.26. The second-order valence-electron chi connectivity index (χ2n) is 1.11. The van der Waals surface area contributed by atoms with Crippen LogP contribution in [0.5, 0.6) is 0 Å². The Balaban J connectivity index is 2.96. The van der Waals surface area contributed by atoms with Gasteiger partial charge in [-0.05, 0) is 6.92 Å². The molecule has 1 unspecified atom stereocenters. The summed E-state index contributed by atoms with van der Waals surface area (Å²) in [4.78, 5) is 0. The Kier molecular flexibility index (Phi) is 3.29. The lowest BCUT2D eigenvalue weighted by molar-refractivity contribution is 0.520. The summed E-state index contributed by atoms with van der Waals surface area (Å²) in [5.74, 6) is 0. The molecule has 0 aromatic carbocycles. The number of rotatable bonds is 2. The molecule has 0 aliphatic heterocycles. The topological polar surface area (TPSA) is 20.3 Å². The Labute approximate surface area is 39.4 Å². The fourth-order valence-corrected chi connectivity index (χ4v) is 0.194. The summed E-state index contributed by atoms with van der Waals surface area (Å²) in [7, 11) is 1.53. The summed E-state index contributed by atoms with van der Waals surface area (Å²) in [5, 5.41) is 0. The highest BCUT2D eigenvalue weighted by atomic mass is 31.1. The van der Waals surface area contributed by atoms with Gasteiger partial charge in [0.05, 0.1) is 0 Å². The van der Waals surface area contributed by atoms with Crippen LogP contribution < -0.4 is 0 Å². The van der Waals surface area contributed by atoms with Crippen molar-refractivity contribution in [3.63, 3.8) is 0 Å². The van der Waals surface area contributed by atoms with Crippen LogP contribution in [-0.2, 0) is 4.57 Å². The predicted octanol–water partition coefficient (Wildman–Crippen LogP) is 0.877. The molecule has 0 aliphatic carbocycles. The lowest BCUT2D eigenvalue weighted by Crippen LogP contribution is -2.00. The van der Waals surface area contributed by atoms with E-state index >= 15 is 0 Å². The van der Waals surface area contributed by atoms with Crippen molar-refractivity contribution in [1.29, 1.82) is 0 Å². The van der Waals surface area contributed by atoms with Crippen LogP contribution in [0.3, 0.4) is 0 Å². The van der Waals surface area contributed by atoms with Gasteiger partial charge < -0.3 is 0 Å². The van der Waals surface area contributed by atoms with Crippen molar-refractivity contribution < 1.29 is 4.57 Å². The monoisotopic (exact) mass is 106 g/mol. The minimum Gasteiger partial charge on any atom is -0.102 e. The van der Waals surface area contributed by atoms with Gasteiger partial charge in [-0.3, -0.25) is 0 Å². The molecule has 1 atom stereocenters. The predicted molar refractivity (Wildman–Crippen MR) is 27.3 cm³/mol. The Morgan fingerprint density at radius 3 is 2.33 bits per heavy atom. The molecule has 0 radical (unpaired) electrons. The molecule has 2 nitrogen and oxygen atoms in total. The molecule has 6 heavy (non-hydrogen) atoms. The van der Waals surface area contributed by atoms with E-state index in [0.29, 0.717) is 0 Å². The summed E-state index contributed by atoms with van der Waals surface area (Å²) in [6.45, 7) is 2.83. The van der Waals surface area contributed by atoms with Crippen molar-refractivity contribution >= 4 is 8.61 Å². The Morgan fingerprint density at radius 1 is 1.83 bits per heavy atom. The third kappa shape index (κ3) is 2.31. The van der Waals surface area contributed by atoms with Crippen molar-refractivity contribution in [1.82, 2.24) is 4.67 Å². The van der Waals surface area contributed by atoms with Crippen molar-refractivity contribution in [3.8, 4) is 0 Å². The molecule has 0 heterocycles. The second-order valence-corrected chi connectivity index (χ2v) is 2.05. The second kappa shape index (κ2) is 3.26. The maximum atomic E-state index is 9.81. The van der Waals surface area contributed by atoms with E-state index < -0.39 is 0 Å². The number of hydrogen-bond acceptors (Lipinski definition) is 1. The van der Waals surface area contributed by atoms with Crippen LogP contribution in [0.25, 0.3) is 0 Å². The average molecular weight is 106 g/mol. The van der Waals surface area contributed by atoms with Gasteiger partial charge >= 0.3 is 8.61 Å². The highest BCUT2D eigenvalue weighted by molar-refractivity contribution is 7.20.